The van der Waals surface area contributed by atoms with E-state index in [0.29, 0.717) is 12.8 Å². The molecule has 0 heterocycles. The number of carbonyl (C=O) groups excluding carboxylic acids is 1. The molecule has 0 aliphatic carbocycles. The third-order valence-electron chi connectivity index (χ3n) is 2.06. The molecule has 0 rings (SSSR count). The summed E-state index contributed by atoms with van der Waals surface area (Å²) in [6, 6.07) is -0.791. The monoisotopic (exact) mass is 213 g/mol. The van der Waals surface area contributed by atoms with Crippen LogP contribution in [0.1, 0.15) is 33.1 Å². The largest absolute Gasteiger partial charge is 0.480 e. The molecule has 0 spiro atoms. The molecular formula is C11H19NO3. The van der Waals surface area contributed by atoms with Crippen LogP contribution in [0.15, 0.2) is 12.7 Å². The van der Waals surface area contributed by atoms with Gasteiger partial charge in [0.25, 0.3) is 0 Å². The lowest BCUT2D eigenvalue weighted by Gasteiger charge is -2.17. The first kappa shape index (κ1) is 13.7. The van der Waals surface area contributed by atoms with Crippen molar-refractivity contribution in [1.29, 1.82) is 0 Å². The molecule has 1 atom stereocenters. The van der Waals surface area contributed by atoms with Crippen molar-refractivity contribution in [2.45, 2.75) is 39.2 Å². The second-order valence-corrected chi connectivity index (χ2v) is 3.81. The number of nitrogens with one attached hydrogen (secondary N) is 1. The van der Waals surface area contributed by atoms with Crippen LogP contribution in [0.4, 0.5) is 0 Å². The lowest BCUT2D eigenvalue weighted by atomic mass is 10.0. The first-order valence-corrected chi connectivity index (χ1v) is 5.12. The van der Waals surface area contributed by atoms with Gasteiger partial charge in [0.1, 0.15) is 6.04 Å². The summed E-state index contributed by atoms with van der Waals surface area (Å²) >= 11 is 0. The van der Waals surface area contributed by atoms with E-state index in [2.05, 4.69) is 11.9 Å². The second-order valence-electron chi connectivity index (χ2n) is 3.81. The van der Waals surface area contributed by atoms with Crippen LogP contribution in [-0.2, 0) is 9.59 Å². The van der Waals surface area contributed by atoms with Crippen molar-refractivity contribution >= 4 is 11.9 Å². The Bertz CT molecular complexity index is 236. The highest BCUT2D eigenvalue weighted by Crippen LogP contribution is 2.03. The van der Waals surface area contributed by atoms with E-state index >= 15 is 0 Å². The zero-order chi connectivity index (χ0) is 11.8. The quantitative estimate of drug-likeness (QED) is 0.498. The number of hydrogen-bond acceptors (Lipinski definition) is 2. The summed E-state index contributed by atoms with van der Waals surface area (Å²) in [7, 11) is 0. The standard InChI is InChI=1S/C11H19NO3/c1-4-5-6-7-9(13)12-10(8(2)3)11(14)15/h4,8,10H,1,5-7H2,2-3H3,(H,12,13)(H,14,15)/t10-/m1/s1. The van der Waals surface area contributed by atoms with Crippen molar-refractivity contribution in [3.63, 3.8) is 0 Å². The molecule has 0 bridgehead atoms. The Kier molecular flexibility index (Phi) is 6.42. The summed E-state index contributed by atoms with van der Waals surface area (Å²) in [5, 5.41) is 11.3. The number of rotatable bonds is 7. The van der Waals surface area contributed by atoms with Gasteiger partial charge in [-0.05, 0) is 18.8 Å². The van der Waals surface area contributed by atoms with Crippen molar-refractivity contribution in [2.75, 3.05) is 0 Å². The maximum atomic E-state index is 11.3. The summed E-state index contributed by atoms with van der Waals surface area (Å²) in [4.78, 5) is 22.1. The molecule has 1 amide bonds. The Morgan fingerprint density at radius 2 is 2.07 bits per heavy atom. The van der Waals surface area contributed by atoms with Crippen LogP contribution < -0.4 is 5.32 Å². The highest BCUT2D eigenvalue weighted by molar-refractivity contribution is 5.83. The molecule has 15 heavy (non-hydrogen) atoms. The number of allylic oxidation sites excluding steroid dienone is 1. The maximum absolute atomic E-state index is 11.3. The topological polar surface area (TPSA) is 66.4 Å². The summed E-state index contributed by atoms with van der Waals surface area (Å²) in [6.07, 6.45) is 3.57. The Morgan fingerprint density at radius 1 is 1.47 bits per heavy atom. The van der Waals surface area contributed by atoms with Gasteiger partial charge in [-0.15, -0.1) is 6.58 Å². The number of hydrogen-bond donors (Lipinski definition) is 2. The van der Waals surface area contributed by atoms with Crippen LogP contribution in [0, 0.1) is 5.92 Å². The zero-order valence-electron chi connectivity index (χ0n) is 9.32. The predicted molar refractivity (Wildman–Crippen MR) is 58.5 cm³/mol. The second kappa shape index (κ2) is 7.04. The lowest BCUT2D eigenvalue weighted by Crippen LogP contribution is -2.44. The first-order valence-electron chi connectivity index (χ1n) is 5.12. The highest BCUT2D eigenvalue weighted by Gasteiger charge is 2.22. The smallest absolute Gasteiger partial charge is 0.326 e. The maximum Gasteiger partial charge on any atom is 0.326 e. The number of amides is 1. The highest BCUT2D eigenvalue weighted by atomic mass is 16.4. The van der Waals surface area contributed by atoms with Crippen LogP contribution >= 0.6 is 0 Å². The van der Waals surface area contributed by atoms with Gasteiger partial charge >= 0.3 is 5.97 Å². The van der Waals surface area contributed by atoms with Crippen molar-refractivity contribution in [3.05, 3.63) is 12.7 Å². The molecule has 4 heteroatoms. The molecule has 86 valence electrons. The third-order valence-corrected chi connectivity index (χ3v) is 2.06. The molecule has 0 saturated carbocycles. The normalized spacial score (nSPS) is 12.2. The lowest BCUT2D eigenvalue weighted by molar-refractivity contribution is -0.143. The fourth-order valence-corrected chi connectivity index (χ4v) is 1.17. The molecule has 0 radical (unpaired) electrons. The average Bonchev–Trinajstić information content (AvgIpc) is 2.13. The fourth-order valence-electron chi connectivity index (χ4n) is 1.17. The molecule has 0 aliphatic heterocycles. The van der Waals surface area contributed by atoms with Gasteiger partial charge < -0.3 is 10.4 Å². The molecule has 0 saturated heterocycles. The van der Waals surface area contributed by atoms with E-state index in [4.69, 9.17) is 5.11 Å². The van der Waals surface area contributed by atoms with Crippen molar-refractivity contribution in [3.8, 4) is 0 Å². The van der Waals surface area contributed by atoms with Gasteiger partial charge in [0, 0.05) is 6.42 Å². The van der Waals surface area contributed by atoms with Gasteiger partial charge in [-0.25, -0.2) is 4.79 Å². The van der Waals surface area contributed by atoms with E-state index in [1.54, 1.807) is 19.9 Å². The van der Waals surface area contributed by atoms with Gasteiger partial charge in [-0.1, -0.05) is 19.9 Å². The van der Waals surface area contributed by atoms with Crippen molar-refractivity contribution < 1.29 is 14.7 Å². The summed E-state index contributed by atoms with van der Waals surface area (Å²) in [6.45, 7) is 7.08. The molecule has 0 aromatic rings. The number of carbonyl (C=O) groups is 2. The van der Waals surface area contributed by atoms with Gasteiger partial charge in [0.05, 0.1) is 0 Å². The van der Waals surface area contributed by atoms with E-state index in [1.807, 2.05) is 0 Å². The van der Waals surface area contributed by atoms with Crippen LogP contribution in [0.3, 0.4) is 0 Å². The van der Waals surface area contributed by atoms with E-state index < -0.39 is 12.0 Å². The molecule has 0 unspecified atom stereocenters. The minimum Gasteiger partial charge on any atom is -0.480 e. The predicted octanol–water partition coefficient (Wildman–Crippen LogP) is 1.57. The van der Waals surface area contributed by atoms with Crippen LogP contribution in [0.2, 0.25) is 0 Å². The molecule has 0 aromatic heterocycles. The molecule has 0 fully saturated rings. The Labute approximate surface area is 90.4 Å². The van der Waals surface area contributed by atoms with E-state index in [-0.39, 0.29) is 11.8 Å². The van der Waals surface area contributed by atoms with Crippen LogP contribution in [-0.4, -0.2) is 23.0 Å². The first-order chi connectivity index (χ1) is 6.99. The third kappa shape index (κ3) is 5.88. The fraction of sp³-hybridized carbons (Fsp3) is 0.636. The van der Waals surface area contributed by atoms with Gasteiger partial charge in [-0.3, -0.25) is 4.79 Å². The van der Waals surface area contributed by atoms with Crippen LogP contribution in [0.25, 0.3) is 0 Å². The van der Waals surface area contributed by atoms with Gasteiger partial charge in [-0.2, -0.15) is 0 Å². The SMILES string of the molecule is C=CCCCC(=O)N[C@@H](C(=O)O)C(C)C. The van der Waals surface area contributed by atoms with Gasteiger partial charge in [0.2, 0.25) is 5.91 Å². The minimum atomic E-state index is -0.984. The Hall–Kier alpha value is -1.32. The zero-order valence-corrected chi connectivity index (χ0v) is 9.32. The van der Waals surface area contributed by atoms with Crippen molar-refractivity contribution in [1.82, 2.24) is 5.32 Å². The average molecular weight is 213 g/mol. The Balaban J connectivity index is 4.00. The van der Waals surface area contributed by atoms with Crippen LogP contribution in [0.5, 0.6) is 0 Å². The number of unbranched alkanes of at least 4 members (excludes halogenated alkanes) is 1. The van der Waals surface area contributed by atoms with Gasteiger partial charge in [0.15, 0.2) is 0 Å². The molecule has 0 aliphatic rings. The van der Waals surface area contributed by atoms with E-state index in [0.717, 1.165) is 6.42 Å². The molecular weight excluding hydrogens is 194 g/mol. The number of carboxylic acid groups (broad SMARTS) is 1. The molecule has 2 N–H and O–H groups in total. The summed E-state index contributed by atoms with van der Waals surface area (Å²) in [5.74, 6) is -1.30. The molecule has 0 aromatic carbocycles. The van der Waals surface area contributed by atoms with Crippen molar-refractivity contribution in [2.24, 2.45) is 5.92 Å². The number of aliphatic carboxylic acids is 1. The summed E-state index contributed by atoms with van der Waals surface area (Å²) in [5.41, 5.74) is 0. The summed E-state index contributed by atoms with van der Waals surface area (Å²) < 4.78 is 0. The molecule has 4 nitrogen and oxygen atoms in total. The minimum absolute atomic E-state index is 0.106. The number of carboxylic acids is 1. The van der Waals surface area contributed by atoms with E-state index in [1.165, 1.54) is 0 Å². The Morgan fingerprint density at radius 3 is 2.47 bits per heavy atom. The van der Waals surface area contributed by atoms with E-state index in [9.17, 15) is 9.59 Å².